The second-order valence-electron chi connectivity index (χ2n) is 8.10. The Hall–Kier alpha value is -3.66. The van der Waals surface area contributed by atoms with Crippen LogP contribution in [-0.4, -0.2) is 40.1 Å². The van der Waals surface area contributed by atoms with Gasteiger partial charge in [0.25, 0.3) is 0 Å². The van der Waals surface area contributed by atoms with Gasteiger partial charge in [-0.3, -0.25) is 4.79 Å². The van der Waals surface area contributed by atoms with Crippen molar-refractivity contribution in [3.63, 3.8) is 0 Å². The molecule has 1 aliphatic rings. The van der Waals surface area contributed by atoms with Crippen LogP contribution in [0, 0.1) is 18.6 Å². The summed E-state index contributed by atoms with van der Waals surface area (Å²) in [5, 5.41) is 5.99. The van der Waals surface area contributed by atoms with Crippen LogP contribution in [-0.2, 0) is 16.1 Å². The molecule has 178 valence electrons. The Morgan fingerprint density at radius 2 is 1.85 bits per heavy atom. The number of carbonyl (C=O) groups excluding carboxylic acids is 1. The Balaban J connectivity index is 1.35. The van der Waals surface area contributed by atoms with Crippen LogP contribution in [0.4, 0.5) is 32.1 Å². The molecule has 1 aromatic heterocycles. The Bertz CT molecular complexity index is 1170. The highest BCUT2D eigenvalue weighted by atomic mass is 19.2. The number of hydrogen-bond donors (Lipinski definition) is 2. The van der Waals surface area contributed by atoms with Crippen LogP contribution in [0.25, 0.3) is 0 Å². The van der Waals surface area contributed by atoms with Crippen LogP contribution < -0.4 is 15.5 Å². The molecule has 3 aromatic rings. The molecule has 1 saturated heterocycles. The third-order valence-corrected chi connectivity index (χ3v) is 5.68. The van der Waals surface area contributed by atoms with E-state index in [1.807, 2.05) is 30.0 Å². The number of benzene rings is 2. The molecule has 34 heavy (non-hydrogen) atoms. The SMILES string of the molecule is CC(=O)Nc1cccc(Nc2ncnc(N3CCC(OCc4cccc(F)c4F)CC3)n2)c1C. The smallest absolute Gasteiger partial charge is 0.232 e. The van der Waals surface area contributed by atoms with Crippen LogP contribution in [0.1, 0.15) is 30.9 Å². The van der Waals surface area contributed by atoms with Crippen LogP contribution >= 0.6 is 0 Å². The molecule has 0 radical (unpaired) electrons. The van der Waals surface area contributed by atoms with Crippen molar-refractivity contribution in [1.82, 2.24) is 15.0 Å². The number of piperidine rings is 1. The van der Waals surface area contributed by atoms with E-state index in [0.29, 0.717) is 43.5 Å². The number of halogens is 2. The molecular weight excluding hydrogens is 442 g/mol. The van der Waals surface area contributed by atoms with Crippen molar-refractivity contribution in [3.8, 4) is 0 Å². The Kier molecular flexibility index (Phi) is 7.27. The molecule has 2 N–H and O–H groups in total. The van der Waals surface area contributed by atoms with Gasteiger partial charge in [-0.15, -0.1) is 0 Å². The number of carbonyl (C=O) groups is 1. The molecule has 0 aliphatic carbocycles. The topological polar surface area (TPSA) is 92.3 Å². The predicted octanol–water partition coefficient (Wildman–Crippen LogP) is 4.35. The zero-order valence-corrected chi connectivity index (χ0v) is 19.0. The number of rotatable bonds is 7. The molecule has 10 heteroatoms. The van der Waals surface area contributed by atoms with Crippen molar-refractivity contribution in [2.24, 2.45) is 0 Å². The molecule has 0 spiro atoms. The average Bonchev–Trinajstić information content (AvgIpc) is 2.83. The zero-order valence-electron chi connectivity index (χ0n) is 19.0. The minimum Gasteiger partial charge on any atom is -0.373 e. The van der Waals surface area contributed by atoms with Gasteiger partial charge < -0.3 is 20.3 Å². The molecule has 1 amide bonds. The standard InChI is InChI=1S/C24H26F2N6O2/c1-15-20(29-16(2)33)7-4-8-21(15)30-23-27-14-28-24(31-23)32-11-9-18(10-12-32)34-13-17-5-3-6-19(25)22(17)26/h3-8,14,18H,9-13H2,1-2H3,(H,29,33)(H,27,28,30,31). The quantitative estimate of drug-likeness (QED) is 0.533. The summed E-state index contributed by atoms with van der Waals surface area (Å²) in [5.41, 5.74) is 2.58. The highest BCUT2D eigenvalue weighted by molar-refractivity contribution is 5.90. The monoisotopic (exact) mass is 468 g/mol. The summed E-state index contributed by atoms with van der Waals surface area (Å²) in [7, 11) is 0. The van der Waals surface area contributed by atoms with Crippen LogP contribution in [0.3, 0.4) is 0 Å². The summed E-state index contributed by atoms with van der Waals surface area (Å²) in [4.78, 5) is 26.5. The van der Waals surface area contributed by atoms with Gasteiger partial charge in [0.2, 0.25) is 17.8 Å². The van der Waals surface area contributed by atoms with E-state index in [4.69, 9.17) is 4.74 Å². The van der Waals surface area contributed by atoms with Crippen LogP contribution in [0.2, 0.25) is 0 Å². The number of ether oxygens (including phenoxy) is 1. The minimum absolute atomic E-state index is 0.0327. The van der Waals surface area contributed by atoms with Crippen molar-refractivity contribution in [2.75, 3.05) is 28.6 Å². The fraction of sp³-hybridized carbons (Fsp3) is 0.333. The van der Waals surface area contributed by atoms with Gasteiger partial charge in [-0.2, -0.15) is 4.98 Å². The van der Waals surface area contributed by atoms with Crippen molar-refractivity contribution in [1.29, 1.82) is 0 Å². The van der Waals surface area contributed by atoms with E-state index in [1.54, 1.807) is 0 Å². The molecule has 0 atom stereocenters. The van der Waals surface area contributed by atoms with Gasteiger partial charge >= 0.3 is 0 Å². The van der Waals surface area contributed by atoms with E-state index >= 15 is 0 Å². The fourth-order valence-electron chi connectivity index (χ4n) is 3.81. The van der Waals surface area contributed by atoms with Gasteiger partial charge in [-0.05, 0) is 43.5 Å². The molecule has 2 aromatic carbocycles. The molecule has 1 aliphatic heterocycles. The van der Waals surface area contributed by atoms with Crippen molar-refractivity contribution >= 4 is 29.2 Å². The first-order chi connectivity index (χ1) is 16.4. The van der Waals surface area contributed by atoms with Gasteiger partial charge in [0, 0.05) is 37.0 Å². The summed E-state index contributed by atoms with van der Waals surface area (Å²) >= 11 is 0. The first-order valence-corrected chi connectivity index (χ1v) is 11.0. The second kappa shape index (κ2) is 10.5. The zero-order chi connectivity index (χ0) is 24.1. The van der Waals surface area contributed by atoms with E-state index in [2.05, 4.69) is 25.6 Å². The lowest BCUT2D eigenvalue weighted by atomic mass is 10.1. The van der Waals surface area contributed by atoms with Gasteiger partial charge in [-0.1, -0.05) is 18.2 Å². The largest absolute Gasteiger partial charge is 0.373 e. The number of nitrogens with zero attached hydrogens (tertiary/aromatic N) is 4. The predicted molar refractivity (Wildman–Crippen MR) is 125 cm³/mol. The molecule has 4 rings (SSSR count). The summed E-state index contributed by atoms with van der Waals surface area (Å²) in [6, 6.07) is 9.65. The first kappa shape index (κ1) is 23.5. The maximum Gasteiger partial charge on any atom is 0.232 e. The average molecular weight is 469 g/mol. The van der Waals surface area contributed by atoms with Crippen molar-refractivity contribution in [3.05, 3.63) is 65.5 Å². The Morgan fingerprint density at radius 1 is 1.12 bits per heavy atom. The third kappa shape index (κ3) is 5.63. The maximum absolute atomic E-state index is 13.8. The number of amides is 1. The summed E-state index contributed by atoms with van der Waals surface area (Å²) in [5.74, 6) is -0.929. The van der Waals surface area contributed by atoms with Gasteiger partial charge in [0.05, 0.1) is 12.7 Å². The lowest BCUT2D eigenvalue weighted by Crippen LogP contribution is -2.38. The van der Waals surface area contributed by atoms with Crippen molar-refractivity contribution < 1.29 is 18.3 Å². The van der Waals surface area contributed by atoms with Crippen molar-refractivity contribution in [2.45, 2.75) is 39.4 Å². The van der Waals surface area contributed by atoms with E-state index in [-0.39, 0.29) is 24.2 Å². The molecule has 8 nitrogen and oxygen atoms in total. The first-order valence-electron chi connectivity index (χ1n) is 11.0. The van der Waals surface area contributed by atoms with E-state index in [1.165, 1.54) is 25.4 Å². The summed E-state index contributed by atoms with van der Waals surface area (Å²) in [6.45, 7) is 4.72. The molecule has 2 heterocycles. The highest BCUT2D eigenvalue weighted by Gasteiger charge is 2.22. The minimum atomic E-state index is -0.868. The third-order valence-electron chi connectivity index (χ3n) is 5.68. The van der Waals surface area contributed by atoms with E-state index in [9.17, 15) is 13.6 Å². The molecule has 1 fully saturated rings. The van der Waals surface area contributed by atoms with Crippen LogP contribution in [0.15, 0.2) is 42.7 Å². The number of nitrogens with one attached hydrogen (secondary N) is 2. The summed E-state index contributed by atoms with van der Waals surface area (Å²) in [6.07, 6.45) is 2.82. The Morgan fingerprint density at radius 3 is 2.62 bits per heavy atom. The fourth-order valence-corrected chi connectivity index (χ4v) is 3.81. The molecular formula is C24H26F2N6O2. The lowest BCUT2D eigenvalue weighted by molar-refractivity contribution is -0.114. The molecule has 0 saturated carbocycles. The highest BCUT2D eigenvalue weighted by Crippen LogP contribution is 2.26. The second-order valence-corrected chi connectivity index (χ2v) is 8.10. The Labute approximate surface area is 196 Å². The number of hydrogen-bond acceptors (Lipinski definition) is 7. The van der Waals surface area contributed by atoms with Gasteiger partial charge in [-0.25, -0.2) is 18.7 Å². The van der Waals surface area contributed by atoms with Gasteiger partial charge in [0.15, 0.2) is 11.6 Å². The maximum atomic E-state index is 13.8. The number of aromatic nitrogens is 3. The summed E-state index contributed by atoms with van der Waals surface area (Å²) < 4.78 is 33.0. The number of anilines is 4. The lowest BCUT2D eigenvalue weighted by Gasteiger charge is -2.32. The molecule has 0 unspecified atom stereocenters. The molecule has 0 bridgehead atoms. The van der Waals surface area contributed by atoms with Crippen LogP contribution in [0.5, 0.6) is 0 Å². The normalized spacial score (nSPS) is 14.2. The van der Waals surface area contributed by atoms with Gasteiger partial charge in [0.1, 0.15) is 6.33 Å². The van der Waals surface area contributed by atoms with E-state index in [0.717, 1.165) is 17.3 Å². The van der Waals surface area contributed by atoms with E-state index < -0.39 is 11.6 Å².